The molecule has 0 saturated heterocycles. The smallest absolute Gasteiger partial charge is 0.123 e. The number of aliphatic hydroxyl groups is 1. The van der Waals surface area contributed by atoms with Crippen LogP contribution in [0.5, 0.6) is 5.75 Å². The largest absolute Gasteiger partial charge is 0.493 e. The summed E-state index contributed by atoms with van der Waals surface area (Å²) < 4.78 is 5.69. The maximum atomic E-state index is 10.5. The van der Waals surface area contributed by atoms with Gasteiger partial charge in [-0.15, -0.1) is 0 Å². The van der Waals surface area contributed by atoms with Crippen LogP contribution in [0.3, 0.4) is 0 Å². The lowest BCUT2D eigenvalue weighted by atomic mass is 9.67. The van der Waals surface area contributed by atoms with Crippen molar-refractivity contribution in [2.24, 2.45) is 0 Å². The molecule has 1 fully saturated rings. The first-order valence-electron chi connectivity index (χ1n) is 6.15. The molecule has 0 radical (unpaired) electrons. The zero-order chi connectivity index (χ0) is 11.2. The summed E-state index contributed by atoms with van der Waals surface area (Å²) in [7, 11) is 0. The fourth-order valence-corrected chi connectivity index (χ4v) is 2.94. The van der Waals surface area contributed by atoms with E-state index in [1.165, 1.54) is 11.1 Å². The molecular weight excluding hydrogens is 200 g/mol. The Balaban J connectivity index is 1.99. The van der Waals surface area contributed by atoms with Crippen LogP contribution in [0.4, 0.5) is 0 Å². The molecular formula is C14H18O2. The van der Waals surface area contributed by atoms with Crippen molar-refractivity contribution in [3.05, 3.63) is 29.3 Å². The van der Waals surface area contributed by atoms with Gasteiger partial charge in [0.2, 0.25) is 0 Å². The van der Waals surface area contributed by atoms with Gasteiger partial charge in [-0.25, -0.2) is 0 Å². The number of fused-ring (bicyclic) bond motifs is 1. The summed E-state index contributed by atoms with van der Waals surface area (Å²) in [6.07, 6.45) is 4.01. The van der Waals surface area contributed by atoms with Crippen LogP contribution in [0, 0.1) is 6.92 Å². The standard InChI is InChI=1S/C14H18O2/c1-10-3-4-11-12(14(15)6-2-7-14)5-8-16-13(11)9-10/h3-4,9,12,15H,2,5-8H2,1H3. The Kier molecular flexibility index (Phi) is 2.21. The first-order valence-corrected chi connectivity index (χ1v) is 6.15. The van der Waals surface area contributed by atoms with Gasteiger partial charge in [-0.1, -0.05) is 12.1 Å². The van der Waals surface area contributed by atoms with Crippen molar-refractivity contribution in [2.45, 2.75) is 44.1 Å². The Bertz CT molecular complexity index is 407. The summed E-state index contributed by atoms with van der Waals surface area (Å²) in [6, 6.07) is 6.33. The van der Waals surface area contributed by atoms with Gasteiger partial charge < -0.3 is 9.84 Å². The molecule has 2 aliphatic rings. The normalized spacial score (nSPS) is 26.5. The molecule has 2 nitrogen and oxygen atoms in total. The Morgan fingerprint density at radius 2 is 2.19 bits per heavy atom. The van der Waals surface area contributed by atoms with Gasteiger partial charge in [0.05, 0.1) is 12.2 Å². The molecule has 1 aliphatic carbocycles. The number of benzene rings is 1. The summed E-state index contributed by atoms with van der Waals surface area (Å²) in [5, 5.41) is 10.5. The van der Waals surface area contributed by atoms with Gasteiger partial charge in [0.25, 0.3) is 0 Å². The lowest BCUT2D eigenvalue weighted by Crippen LogP contribution is -2.44. The molecule has 0 amide bonds. The third-order valence-corrected chi connectivity index (χ3v) is 4.08. The predicted molar refractivity (Wildman–Crippen MR) is 62.8 cm³/mol. The van der Waals surface area contributed by atoms with Crippen molar-refractivity contribution in [1.29, 1.82) is 0 Å². The topological polar surface area (TPSA) is 29.5 Å². The Hall–Kier alpha value is -1.02. The zero-order valence-corrected chi connectivity index (χ0v) is 9.70. The first kappa shape index (κ1) is 10.2. The molecule has 1 heterocycles. The summed E-state index contributed by atoms with van der Waals surface area (Å²) >= 11 is 0. The van der Waals surface area contributed by atoms with Crippen LogP contribution in [0.2, 0.25) is 0 Å². The van der Waals surface area contributed by atoms with Gasteiger partial charge in [0.15, 0.2) is 0 Å². The molecule has 1 aromatic carbocycles. The molecule has 1 saturated carbocycles. The second-order valence-corrected chi connectivity index (χ2v) is 5.19. The molecule has 86 valence electrons. The molecule has 1 N–H and O–H groups in total. The van der Waals surface area contributed by atoms with Crippen molar-refractivity contribution in [1.82, 2.24) is 0 Å². The summed E-state index contributed by atoms with van der Waals surface area (Å²) in [4.78, 5) is 0. The number of hydrogen-bond donors (Lipinski definition) is 1. The van der Waals surface area contributed by atoms with E-state index < -0.39 is 5.60 Å². The Morgan fingerprint density at radius 1 is 1.38 bits per heavy atom. The molecule has 16 heavy (non-hydrogen) atoms. The van der Waals surface area contributed by atoms with Gasteiger partial charge >= 0.3 is 0 Å². The highest BCUT2D eigenvalue weighted by molar-refractivity contribution is 5.42. The quantitative estimate of drug-likeness (QED) is 0.785. The van der Waals surface area contributed by atoms with E-state index in [4.69, 9.17) is 4.74 Å². The van der Waals surface area contributed by atoms with Crippen LogP contribution in [0.15, 0.2) is 18.2 Å². The molecule has 3 rings (SSSR count). The highest BCUT2D eigenvalue weighted by atomic mass is 16.5. The Morgan fingerprint density at radius 3 is 2.88 bits per heavy atom. The highest BCUT2D eigenvalue weighted by Gasteiger charge is 2.44. The van der Waals surface area contributed by atoms with E-state index in [0.717, 1.165) is 38.0 Å². The van der Waals surface area contributed by atoms with Crippen molar-refractivity contribution < 1.29 is 9.84 Å². The van der Waals surface area contributed by atoms with E-state index in [2.05, 4.69) is 25.1 Å². The minimum atomic E-state index is -0.451. The van der Waals surface area contributed by atoms with E-state index >= 15 is 0 Å². The number of hydrogen-bond acceptors (Lipinski definition) is 2. The predicted octanol–water partition coefficient (Wildman–Crippen LogP) is 2.78. The van der Waals surface area contributed by atoms with E-state index in [-0.39, 0.29) is 5.92 Å². The van der Waals surface area contributed by atoms with Gasteiger partial charge in [-0.3, -0.25) is 0 Å². The van der Waals surface area contributed by atoms with E-state index in [9.17, 15) is 5.11 Å². The average Bonchev–Trinajstić information content (AvgIpc) is 2.24. The Labute approximate surface area is 96.2 Å². The van der Waals surface area contributed by atoms with Crippen molar-refractivity contribution in [3.63, 3.8) is 0 Å². The molecule has 1 atom stereocenters. The minimum absolute atomic E-state index is 0.283. The minimum Gasteiger partial charge on any atom is -0.493 e. The van der Waals surface area contributed by atoms with Crippen molar-refractivity contribution in [2.75, 3.05) is 6.61 Å². The lowest BCUT2D eigenvalue weighted by Gasteiger charge is -2.45. The van der Waals surface area contributed by atoms with Gasteiger partial charge in [0, 0.05) is 11.5 Å². The third kappa shape index (κ3) is 1.44. The number of ether oxygens (including phenoxy) is 1. The van der Waals surface area contributed by atoms with Crippen LogP contribution < -0.4 is 4.74 Å². The second-order valence-electron chi connectivity index (χ2n) is 5.19. The lowest BCUT2D eigenvalue weighted by molar-refractivity contribution is -0.0657. The van der Waals surface area contributed by atoms with Crippen molar-refractivity contribution in [3.8, 4) is 5.75 Å². The maximum Gasteiger partial charge on any atom is 0.123 e. The third-order valence-electron chi connectivity index (χ3n) is 4.08. The first-order chi connectivity index (χ1) is 7.69. The monoisotopic (exact) mass is 218 g/mol. The molecule has 2 heteroatoms. The SMILES string of the molecule is Cc1ccc2c(c1)OCCC2C1(O)CCC1. The fourth-order valence-electron chi connectivity index (χ4n) is 2.94. The van der Waals surface area contributed by atoms with Crippen LogP contribution in [-0.4, -0.2) is 17.3 Å². The van der Waals surface area contributed by atoms with Crippen LogP contribution >= 0.6 is 0 Å². The number of rotatable bonds is 1. The molecule has 0 bridgehead atoms. The molecule has 0 aromatic heterocycles. The van der Waals surface area contributed by atoms with Crippen LogP contribution in [0.1, 0.15) is 42.7 Å². The van der Waals surface area contributed by atoms with E-state index in [1.807, 2.05) is 0 Å². The molecule has 0 spiro atoms. The van der Waals surface area contributed by atoms with Crippen LogP contribution in [-0.2, 0) is 0 Å². The summed E-state index contributed by atoms with van der Waals surface area (Å²) in [5.74, 6) is 1.27. The maximum absolute atomic E-state index is 10.5. The van der Waals surface area contributed by atoms with Crippen LogP contribution in [0.25, 0.3) is 0 Å². The van der Waals surface area contributed by atoms with Gasteiger partial charge in [-0.05, 0) is 44.2 Å². The summed E-state index contributed by atoms with van der Waals surface area (Å²) in [5.41, 5.74) is 1.98. The van der Waals surface area contributed by atoms with Crippen molar-refractivity contribution >= 4 is 0 Å². The van der Waals surface area contributed by atoms with Gasteiger partial charge in [0.1, 0.15) is 5.75 Å². The average molecular weight is 218 g/mol. The highest BCUT2D eigenvalue weighted by Crippen LogP contribution is 2.49. The zero-order valence-electron chi connectivity index (χ0n) is 9.70. The van der Waals surface area contributed by atoms with Gasteiger partial charge in [-0.2, -0.15) is 0 Å². The van der Waals surface area contributed by atoms with E-state index in [1.54, 1.807) is 0 Å². The molecule has 1 unspecified atom stereocenters. The van der Waals surface area contributed by atoms with E-state index in [0.29, 0.717) is 0 Å². The summed E-state index contributed by atoms with van der Waals surface area (Å²) in [6.45, 7) is 2.81. The number of aryl methyl sites for hydroxylation is 1. The molecule has 1 aliphatic heterocycles. The molecule has 1 aromatic rings. The fraction of sp³-hybridized carbons (Fsp3) is 0.571. The second kappa shape index (κ2) is 3.49.